The van der Waals surface area contributed by atoms with Crippen molar-refractivity contribution in [3.63, 3.8) is 0 Å². The fourth-order valence-electron chi connectivity index (χ4n) is 2.83. The average Bonchev–Trinajstić information content (AvgIpc) is 2.65. The lowest BCUT2D eigenvalue weighted by atomic mass is 10.2. The maximum absolute atomic E-state index is 10.2. The molecule has 1 fully saturated rings. The quantitative estimate of drug-likeness (QED) is 0.810. The lowest BCUT2D eigenvalue weighted by molar-refractivity contribution is 0.00910. The van der Waals surface area contributed by atoms with Gasteiger partial charge >= 0.3 is 0 Å². The van der Waals surface area contributed by atoms with Crippen molar-refractivity contribution in [2.24, 2.45) is 0 Å². The first-order valence-electron chi connectivity index (χ1n) is 8.45. The van der Waals surface area contributed by atoms with Gasteiger partial charge in [0.25, 0.3) is 0 Å². The second kappa shape index (κ2) is 9.10. The number of piperazine rings is 1. The number of aliphatic hydroxyl groups is 1. The monoisotopic (exact) mass is 362 g/mol. The Hall–Kier alpha value is -1.73. The van der Waals surface area contributed by atoms with Crippen molar-refractivity contribution in [1.82, 2.24) is 14.9 Å². The summed E-state index contributed by atoms with van der Waals surface area (Å²) in [5.74, 6) is 0.772. The maximum Gasteiger partial charge on any atom is 0.225 e. The van der Waals surface area contributed by atoms with Crippen LogP contribution in [-0.2, 0) is 11.3 Å². The summed E-state index contributed by atoms with van der Waals surface area (Å²) in [5, 5.41) is 10.9. The summed E-state index contributed by atoms with van der Waals surface area (Å²) in [5.41, 5.74) is 1.05. The summed E-state index contributed by atoms with van der Waals surface area (Å²) in [6, 6.07) is 9.36. The van der Waals surface area contributed by atoms with Crippen LogP contribution in [0.25, 0.3) is 0 Å². The minimum absolute atomic E-state index is 0.324. The Kier molecular flexibility index (Phi) is 6.58. The van der Waals surface area contributed by atoms with Crippen molar-refractivity contribution in [3.8, 4) is 0 Å². The number of aromatic nitrogens is 2. The van der Waals surface area contributed by atoms with Crippen LogP contribution in [0.3, 0.4) is 0 Å². The zero-order valence-corrected chi connectivity index (χ0v) is 14.8. The van der Waals surface area contributed by atoms with Crippen LogP contribution in [0.15, 0.2) is 42.7 Å². The highest BCUT2D eigenvalue weighted by molar-refractivity contribution is 6.30. The van der Waals surface area contributed by atoms with Gasteiger partial charge in [0.05, 0.1) is 19.3 Å². The van der Waals surface area contributed by atoms with Crippen LogP contribution >= 0.6 is 11.6 Å². The molecule has 3 rings (SSSR count). The van der Waals surface area contributed by atoms with Crippen molar-refractivity contribution < 1.29 is 9.84 Å². The molecule has 1 aliphatic rings. The van der Waals surface area contributed by atoms with E-state index in [9.17, 15) is 5.11 Å². The first kappa shape index (κ1) is 18.1. The molecule has 1 unspecified atom stereocenters. The third-order valence-electron chi connectivity index (χ3n) is 4.17. The first-order valence-corrected chi connectivity index (χ1v) is 8.83. The Balaban J connectivity index is 1.35. The van der Waals surface area contributed by atoms with Crippen molar-refractivity contribution in [1.29, 1.82) is 0 Å². The van der Waals surface area contributed by atoms with Crippen LogP contribution in [0.1, 0.15) is 5.56 Å². The van der Waals surface area contributed by atoms with E-state index >= 15 is 0 Å². The number of ether oxygens (including phenoxy) is 1. The van der Waals surface area contributed by atoms with Gasteiger partial charge in [0.1, 0.15) is 0 Å². The van der Waals surface area contributed by atoms with Crippen LogP contribution in [0.5, 0.6) is 0 Å². The fraction of sp³-hybridized carbons (Fsp3) is 0.444. The molecule has 6 nitrogen and oxygen atoms in total. The molecule has 0 bridgehead atoms. The SMILES string of the molecule is OC(COCc1ccc(Cl)cc1)CN1CCN(c2ncccn2)CC1. The molecule has 0 amide bonds. The van der Waals surface area contributed by atoms with E-state index in [-0.39, 0.29) is 0 Å². The molecule has 2 heterocycles. The Labute approximate surface area is 153 Å². The van der Waals surface area contributed by atoms with E-state index in [4.69, 9.17) is 16.3 Å². The Bertz CT molecular complexity index is 633. The van der Waals surface area contributed by atoms with Crippen LogP contribution in [0, 0.1) is 0 Å². The Morgan fingerprint density at radius 3 is 2.44 bits per heavy atom. The fourth-order valence-corrected chi connectivity index (χ4v) is 2.96. The molecular formula is C18H23ClN4O2. The highest BCUT2D eigenvalue weighted by Gasteiger charge is 2.20. The number of benzene rings is 1. The van der Waals surface area contributed by atoms with Crippen LogP contribution in [0.4, 0.5) is 5.95 Å². The number of anilines is 1. The van der Waals surface area contributed by atoms with Gasteiger partial charge in [-0.15, -0.1) is 0 Å². The molecule has 0 aliphatic carbocycles. The van der Waals surface area contributed by atoms with Gasteiger partial charge in [-0.2, -0.15) is 0 Å². The third kappa shape index (κ3) is 5.64. The first-order chi connectivity index (χ1) is 12.2. The van der Waals surface area contributed by atoms with E-state index in [0.29, 0.717) is 24.8 Å². The van der Waals surface area contributed by atoms with Crippen LogP contribution in [-0.4, -0.2) is 65.4 Å². The van der Waals surface area contributed by atoms with E-state index in [1.54, 1.807) is 12.4 Å². The maximum atomic E-state index is 10.2. The number of hydrogen-bond donors (Lipinski definition) is 1. The summed E-state index contributed by atoms with van der Waals surface area (Å²) in [6.07, 6.45) is 3.03. The van der Waals surface area contributed by atoms with Crippen LogP contribution in [0.2, 0.25) is 5.02 Å². The molecule has 1 aromatic heterocycles. The zero-order chi connectivity index (χ0) is 17.5. The summed E-state index contributed by atoms with van der Waals surface area (Å²) in [7, 11) is 0. The normalized spacial score (nSPS) is 16.8. The standard InChI is InChI=1S/C18H23ClN4O2/c19-16-4-2-15(3-5-16)13-25-14-17(24)12-22-8-10-23(11-9-22)18-20-6-1-7-21-18/h1-7,17,24H,8-14H2. The zero-order valence-electron chi connectivity index (χ0n) is 14.1. The molecular weight excluding hydrogens is 340 g/mol. The Morgan fingerprint density at radius 1 is 1.08 bits per heavy atom. The largest absolute Gasteiger partial charge is 0.389 e. The number of hydrogen-bond acceptors (Lipinski definition) is 6. The second-order valence-electron chi connectivity index (χ2n) is 6.13. The molecule has 7 heteroatoms. The topological polar surface area (TPSA) is 61.7 Å². The van der Waals surface area contributed by atoms with E-state index in [1.807, 2.05) is 30.3 Å². The highest BCUT2D eigenvalue weighted by Crippen LogP contribution is 2.11. The smallest absolute Gasteiger partial charge is 0.225 e. The molecule has 25 heavy (non-hydrogen) atoms. The number of β-amino-alcohol motifs (C(OH)–C–C–N with tert-alkyl or cyclic N) is 1. The van der Waals surface area contributed by atoms with E-state index in [2.05, 4.69) is 19.8 Å². The minimum atomic E-state index is -0.494. The summed E-state index contributed by atoms with van der Waals surface area (Å²) in [6.45, 7) is 4.91. The molecule has 134 valence electrons. The molecule has 0 saturated carbocycles. The van der Waals surface area contributed by atoms with Gasteiger partial charge in [-0.1, -0.05) is 23.7 Å². The molecule has 1 atom stereocenters. The van der Waals surface area contributed by atoms with Gasteiger partial charge in [-0.3, -0.25) is 4.90 Å². The molecule has 0 radical (unpaired) electrons. The predicted octanol–water partition coefficient (Wildman–Crippen LogP) is 1.83. The van der Waals surface area contributed by atoms with Crippen molar-refractivity contribution >= 4 is 17.5 Å². The number of aliphatic hydroxyl groups excluding tert-OH is 1. The van der Waals surface area contributed by atoms with Crippen molar-refractivity contribution in [2.45, 2.75) is 12.7 Å². The lowest BCUT2D eigenvalue weighted by Crippen LogP contribution is -2.49. The molecule has 1 N–H and O–H groups in total. The van der Waals surface area contributed by atoms with Gasteiger partial charge < -0.3 is 14.7 Å². The Morgan fingerprint density at radius 2 is 1.76 bits per heavy atom. The average molecular weight is 363 g/mol. The molecule has 2 aromatic rings. The van der Waals surface area contributed by atoms with E-state index < -0.39 is 6.10 Å². The van der Waals surface area contributed by atoms with Crippen LogP contribution < -0.4 is 4.90 Å². The summed E-state index contributed by atoms with van der Waals surface area (Å²) in [4.78, 5) is 13.0. The highest BCUT2D eigenvalue weighted by atomic mass is 35.5. The predicted molar refractivity (Wildman–Crippen MR) is 97.8 cm³/mol. The minimum Gasteiger partial charge on any atom is -0.389 e. The summed E-state index contributed by atoms with van der Waals surface area (Å²) >= 11 is 5.86. The molecule has 1 aliphatic heterocycles. The molecule has 0 spiro atoms. The van der Waals surface area contributed by atoms with Crippen molar-refractivity contribution in [2.75, 3.05) is 44.2 Å². The van der Waals surface area contributed by atoms with Gasteiger partial charge in [0, 0.05) is 50.1 Å². The number of rotatable bonds is 7. The van der Waals surface area contributed by atoms with Gasteiger partial charge in [0.15, 0.2) is 0 Å². The van der Waals surface area contributed by atoms with E-state index in [1.165, 1.54) is 0 Å². The number of nitrogens with zero attached hydrogens (tertiary/aromatic N) is 4. The second-order valence-corrected chi connectivity index (χ2v) is 6.57. The molecule has 1 aromatic carbocycles. The van der Waals surface area contributed by atoms with Gasteiger partial charge in [0.2, 0.25) is 5.95 Å². The van der Waals surface area contributed by atoms with Gasteiger partial charge in [-0.25, -0.2) is 9.97 Å². The number of halogens is 1. The summed E-state index contributed by atoms with van der Waals surface area (Å²) < 4.78 is 5.60. The lowest BCUT2D eigenvalue weighted by Gasteiger charge is -2.35. The van der Waals surface area contributed by atoms with Crippen molar-refractivity contribution in [3.05, 3.63) is 53.3 Å². The third-order valence-corrected chi connectivity index (χ3v) is 4.42. The molecule has 1 saturated heterocycles. The van der Waals surface area contributed by atoms with E-state index in [0.717, 1.165) is 37.7 Å². The van der Waals surface area contributed by atoms with Gasteiger partial charge in [-0.05, 0) is 23.8 Å².